The SMILES string of the molecule is CCN1CCC(c2ccc(-c3cc4c(N5CCN(C(=O)[C@H]6C[C@H]6F)CC5)ccnn4c3)cc2)CC1. The molecule has 2 aliphatic heterocycles. The predicted molar refractivity (Wildman–Crippen MR) is 137 cm³/mol. The van der Waals surface area contributed by atoms with Crippen molar-refractivity contribution in [3.8, 4) is 11.1 Å². The van der Waals surface area contributed by atoms with E-state index in [1.807, 2.05) is 15.6 Å². The molecule has 1 amide bonds. The van der Waals surface area contributed by atoms with Crippen molar-refractivity contribution in [2.24, 2.45) is 5.92 Å². The second kappa shape index (κ2) is 9.26. The second-order valence-electron chi connectivity index (χ2n) is 10.3. The van der Waals surface area contributed by atoms with Crippen LogP contribution in [0.2, 0.25) is 0 Å². The van der Waals surface area contributed by atoms with Crippen LogP contribution in [0.3, 0.4) is 0 Å². The van der Waals surface area contributed by atoms with Gasteiger partial charge in [0.05, 0.1) is 17.1 Å². The molecular weight excluding hydrogens is 441 g/mol. The average Bonchev–Trinajstić information content (AvgIpc) is 3.48. The van der Waals surface area contributed by atoms with Gasteiger partial charge in [0.15, 0.2) is 0 Å². The number of hydrogen-bond acceptors (Lipinski definition) is 4. The Bertz CT molecular complexity index is 1190. The highest BCUT2D eigenvalue weighted by molar-refractivity contribution is 5.83. The number of likely N-dealkylation sites (tertiary alicyclic amines) is 1. The van der Waals surface area contributed by atoms with Gasteiger partial charge in [0, 0.05) is 44.1 Å². The van der Waals surface area contributed by atoms with E-state index in [0.29, 0.717) is 25.4 Å². The lowest BCUT2D eigenvalue weighted by molar-refractivity contribution is -0.133. The molecule has 0 radical (unpaired) electrons. The maximum atomic E-state index is 13.3. The van der Waals surface area contributed by atoms with E-state index in [4.69, 9.17) is 0 Å². The quantitative estimate of drug-likeness (QED) is 0.555. The first-order valence-electron chi connectivity index (χ1n) is 13.1. The number of hydrogen-bond donors (Lipinski definition) is 0. The topological polar surface area (TPSA) is 44.1 Å². The van der Waals surface area contributed by atoms with Gasteiger partial charge in [-0.15, -0.1) is 0 Å². The van der Waals surface area contributed by atoms with Gasteiger partial charge in [-0.25, -0.2) is 8.91 Å². The molecule has 0 N–H and O–H groups in total. The van der Waals surface area contributed by atoms with Gasteiger partial charge in [0.25, 0.3) is 0 Å². The van der Waals surface area contributed by atoms with Gasteiger partial charge in [0.2, 0.25) is 5.91 Å². The number of aromatic nitrogens is 2. The van der Waals surface area contributed by atoms with Crippen LogP contribution < -0.4 is 4.90 Å². The first kappa shape index (κ1) is 22.5. The number of amides is 1. The van der Waals surface area contributed by atoms with Gasteiger partial charge in [0.1, 0.15) is 6.17 Å². The fourth-order valence-electron chi connectivity index (χ4n) is 5.78. The zero-order valence-electron chi connectivity index (χ0n) is 20.4. The Morgan fingerprint density at radius 1 is 1.00 bits per heavy atom. The van der Waals surface area contributed by atoms with Crippen LogP contribution in [0.25, 0.3) is 16.6 Å². The molecular formula is C28H34FN5O. The molecule has 35 heavy (non-hydrogen) atoms. The summed E-state index contributed by atoms with van der Waals surface area (Å²) >= 11 is 0. The summed E-state index contributed by atoms with van der Waals surface area (Å²) < 4.78 is 15.3. The Morgan fingerprint density at radius 2 is 1.71 bits per heavy atom. The van der Waals surface area contributed by atoms with E-state index < -0.39 is 12.1 Å². The van der Waals surface area contributed by atoms with Crippen molar-refractivity contribution in [3.05, 3.63) is 54.4 Å². The number of nitrogens with zero attached hydrogens (tertiary/aromatic N) is 5. The van der Waals surface area contributed by atoms with Crippen molar-refractivity contribution >= 4 is 17.1 Å². The van der Waals surface area contributed by atoms with Gasteiger partial charge in [-0.2, -0.15) is 5.10 Å². The summed E-state index contributed by atoms with van der Waals surface area (Å²) in [5.41, 5.74) is 6.02. The Balaban J connectivity index is 1.16. The Labute approximate surface area is 206 Å². The molecule has 1 aromatic carbocycles. The Hall–Kier alpha value is -2.93. The molecule has 7 heteroatoms. The molecule has 6 rings (SSSR count). The van der Waals surface area contributed by atoms with E-state index in [9.17, 15) is 9.18 Å². The van der Waals surface area contributed by atoms with E-state index in [1.54, 1.807) is 0 Å². The van der Waals surface area contributed by atoms with Crippen molar-refractivity contribution in [1.29, 1.82) is 0 Å². The summed E-state index contributed by atoms with van der Waals surface area (Å²) in [4.78, 5) is 19.1. The molecule has 3 fully saturated rings. The number of rotatable bonds is 5. The van der Waals surface area contributed by atoms with E-state index in [0.717, 1.165) is 36.4 Å². The van der Waals surface area contributed by atoms with Crippen LogP contribution in [-0.4, -0.2) is 77.3 Å². The smallest absolute Gasteiger partial charge is 0.228 e. The maximum absolute atomic E-state index is 13.3. The summed E-state index contributed by atoms with van der Waals surface area (Å²) in [5, 5.41) is 4.55. The van der Waals surface area contributed by atoms with Crippen LogP contribution in [0, 0.1) is 5.92 Å². The van der Waals surface area contributed by atoms with Gasteiger partial charge in [-0.1, -0.05) is 31.2 Å². The lowest BCUT2D eigenvalue weighted by Gasteiger charge is -2.36. The zero-order chi connectivity index (χ0) is 23.9. The molecule has 3 aromatic rings. The van der Waals surface area contributed by atoms with Gasteiger partial charge in [-0.05, 0) is 68.1 Å². The number of carbonyl (C=O) groups is 1. The minimum Gasteiger partial charge on any atom is -0.366 e. The number of piperazine rings is 1. The van der Waals surface area contributed by atoms with Gasteiger partial charge >= 0.3 is 0 Å². The molecule has 2 aromatic heterocycles. The summed E-state index contributed by atoms with van der Waals surface area (Å²) in [5.74, 6) is 0.258. The summed E-state index contributed by atoms with van der Waals surface area (Å²) in [6.45, 7) is 8.57. The highest BCUT2D eigenvalue weighted by atomic mass is 19.1. The van der Waals surface area contributed by atoms with Crippen LogP contribution >= 0.6 is 0 Å². The van der Waals surface area contributed by atoms with E-state index in [2.05, 4.69) is 64.4 Å². The number of piperidine rings is 1. The normalized spacial score (nSPS) is 23.7. The van der Waals surface area contributed by atoms with Crippen molar-refractivity contribution < 1.29 is 9.18 Å². The maximum Gasteiger partial charge on any atom is 0.228 e. The standard InChI is InChI=1S/C28H34FN5O/c1-2-31-11-8-22(9-12-31)20-3-5-21(6-4-20)23-17-27-26(7-10-30-34(27)19-23)32-13-15-33(16-14-32)28(35)24-18-25(24)29/h3-7,10,17,19,22,24-25H,2,8-9,11-16,18H2,1H3/t24-,25+/m0/s1. The Kier molecular flexibility index (Phi) is 5.96. The van der Waals surface area contributed by atoms with E-state index >= 15 is 0 Å². The molecule has 2 saturated heterocycles. The van der Waals surface area contributed by atoms with E-state index in [1.165, 1.54) is 37.1 Å². The molecule has 2 atom stereocenters. The van der Waals surface area contributed by atoms with Crippen molar-refractivity contribution in [1.82, 2.24) is 19.4 Å². The van der Waals surface area contributed by atoms with E-state index in [-0.39, 0.29) is 5.91 Å². The molecule has 0 unspecified atom stereocenters. The number of alkyl halides is 1. The Morgan fingerprint density at radius 3 is 2.37 bits per heavy atom. The fourth-order valence-corrected chi connectivity index (χ4v) is 5.78. The molecule has 3 aliphatic rings. The number of halogens is 1. The third-order valence-electron chi connectivity index (χ3n) is 8.20. The molecule has 6 nitrogen and oxygen atoms in total. The lowest BCUT2D eigenvalue weighted by Crippen LogP contribution is -2.49. The summed E-state index contributed by atoms with van der Waals surface area (Å²) in [6.07, 6.45) is 5.89. The number of fused-ring (bicyclic) bond motifs is 1. The van der Waals surface area contributed by atoms with Gasteiger partial charge in [-0.3, -0.25) is 4.79 Å². The molecule has 0 bridgehead atoms. The van der Waals surface area contributed by atoms with Crippen LogP contribution in [0.15, 0.2) is 48.8 Å². The second-order valence-corrected chi connectivity index (χ2v) is 10.3. The number of benzene rings is 1. The molecule has 184 valence electrons. The first-order chi connectivity index (χ1) is 17.1. The van der Waals surface area contributed by atoms with Crippen molar-refractivity contribution in [2.45, 2.75) is 38.3 Å². The number of carbonyl (C=O) groups excluding carboxylic acids is 1. The third kappa shape index (κ3) is 4.42. The third-order valence-corrected chi connectivity index (χ3v) is 8.20. The largest absolute Gasteiger partial charge is 0.366 e. The highest BCUT2D eigenvalue weighted by Gasteiger charge is 2.46. The minimum atomic E-state index is -0.928. The molecule has 1 aliphatic carbocycles. The van der Waals surface area contributed by atoms with Crippen LogP contribution in [-0.2, 0) is 4.79 Å². The average molecular weight is 476 g/mol. The zero-order valence-corrected chi connectivity index (χ0v) is 20.4. The fraction of sp³-hybridized carbons (Fsp3) is 0.500. The van der Waals surface area contributed by atoms with Crippen molar-refractivity contribution in [3.63, 3.8) is 0 Å². The summed E-state index contributed by atoms with van der Waals surface area (Å²) in [7, 11) is 0. The lowest BCUT2D eigenvalue weighted by atomic mass is 9.88. The highest BCUT2D eigenvalue weighted by Crippen LogP contribution is 2.36. The van der Waals surface area contributed by atoms with Crippen molar-refractivity contribution in [2.75, 3.05) is 50.7 Å². The monoisotopic (exact) mass is 475 g/mol. The van der Waals surface area contributed by atoms with Crippen LogP contribution in [0.4, 0.5) is 10.1 Å². The molecule has 0 spiro atoms. The predicted octanol–water partition coefficient (Wildman–Crippen LogP) is 4.21. The van der Waals surface area contributed by atoms with Crippen LogP contribution in [0.1, 0.15) is 37.7 Å². The number of anilines is 1. The van der Waals surface area contributed by atoms with Gasteiger partial charge < -0.3 is 14.7 Å². The molecule has 1 saturated carbocycles. The molecule has 4 heterocycles. The first-order valence-corrected chi connectivity index (χ1v) is 13.1. The minimum absolute atomic E-state index is 0.0126. The van der Waals surface area contributed by atoms with Crippen LogP contribution in [0.5, 0.6) is 0 Å². The summed E-state index contributed by atoms with van der Waals surface area (Å²) in [6, 6.07) is 13.4.